The van der Waals surface area contributed by atoms with Crippen molar-refractivity contribution in [2.24, 2.45) is 0 Å². The van der Waals surface area contributed by atoms with Gasteiger partial charge in [-0.05, 0) is 47.3 Å². The van der Waals surface area contributed by atoms with Gasteiger partial charge in [0.1, 0.15) is 12.1 Å². The smallest absolute Gasteiger partial charge is 0.332 e. The Morgan fingerprint density at radius 3 is 1.50 bits per heavy atom. The molecule has 0 radical (unpaired) electrons. The zero-order valence-electron chi connectivity index (χ0n) is 20.6. The van der Waals surface area contributed by atoms with E-state index in [9.17, 15) is 10.5 Å². The Morgan fingerprint density at radius 2 is 1.08 bits per heavy atom. The van der Waals surface area contributed by atoms with Crippen LogP contribution in [0.5, 0.6) is 0 Å². The third-order valence-corrected chi connectivity index (χ3v) is 7.30. The monoisotopic (exact) mass is 487 g/mol. The average Bonchev–Trinajstić information content (AvgIpc) is 2.97. The first-order valence-electron chi connectivity index (χ1n) is 11.9. The third-order valence-electron chi connectivity index (χ3n) is 7.30. The molecule has 0 aromatic heterocycles. The molecular weight excluding hydrogens is 469 g/mol. The van der Waals surface area contributed by atoms with Crippen LogP contribution in [0.3, 0.4) is 0 Å². The van der Waals surface area contributed by atoms with Crippen LogP contribution in [-0.2, 0) is 0 Å². The van der Waals surface area contributed by atoms with E-state index in [1.54, 1.807) is 24.3 Å². The van der Waals surface area contributed by atoms with Gasteiger partial charge in [0.25, 0.3) is 0 Å². The number of anilines is 6. The van der Waals surface area contributed by atoms with Crippen LogP contribution in [0.15, 0.2) is 72.8 Å². The van der Waals surface area contributed by atoms with Gasteiger partial charge in [0.05, 0.1) is 47.0 Å². The van der Waals surface area contributed by atoms with Crippen LogP contribution >= 0.6 is 0 Å². The lowest BCUT2D eigenvalue weighted by atomic mass is 9.46. The van der Waals surface area contributed by atoms with Gasteiger partial charge in [-0.1, -0.05) is 36.4 Å². The summed E-state index contributed by atoms with van der Waals surface area (Å²) in [7, 11) is 3.88. The molecule has 0 bridgehead atoms. The van der Waals surface area contributed by atoms with E-state index in [1.807, 2.05) is 43.3 Å². The van der Waals surface area contributed by atoms with Crippen LogP contribution in [-0.4, -0.2) is 20.9 Å². The van der Waals surface area contributed by atoms with E-state index >= 15 is 0 Å². The molecule has 8 heteroatoms. The molecule has 0 aliphatic carbocycles. The average molecular weight is 487 g/mol. The lowest BCUT2D eigenvalue weighted by Gasteiger charge is -2.46. The van der Waals surface area contributed by atoms with Crippen LogP contribution in [0.4, 0.5) is 45.5 Å². The predicted octanol–water partition coefficient (Wildman–Crippen LogP) is 5.64. The van der Waals surface area contributed by atoms with Crippen molar-refractivity contribution in [3.05, 3.63) is 107 Å². The summed E-state index contributed by atoms with van der Waals surface area (Å²) in [6, 6.07) is 27.6. The fourth-order valence-electron chi connectivity index (χ4n) is 5.65. The van der Waals surface area contributed by atoms with Crippen LogP contribution in [0.25, 0.3) is 9.69 Å². The Kier molecular flexibility index (Phi) is 5.06. The molecule has 0 fully saturated rings. The number of para-hydroxylation sites is 2. The second-order valence-corrected chi connectivity index (χ2v) is 9.18. The molecule has 2 heterocycles. The second kappa shape index (κ2) is 8.46. The van der Waals surface area contributed by atoms with Crippen molar-refractivity contribution >= 4 is 63.3 Å². The van der Waals surface area contributed by atoms with E-state index < -0.39 is 0 Å². The Morgan fingerprint density at radius 1 is 0.658 bits per heavy atom. The molecule has 0 N–H and O–H groups in total. The van der Waals surface area contributed by atoms with E-state index in [4.69, 9.17) is 13.1 Å². The Bertz CT molecular complexity index is 1700. The van der Waals surface area contributed by atoms with Crippen molar-refractivity contribution in [1.82, 2.24) is 0 Å². The fraction of sp³-hybridized carbons (Fsp3) is 0.0667. The molecule has 0 atom stereocenters. The van der Waals surface area contributed by atoms with Crippen molar-refractivity contribution in [3.63, 3.8) is 0 Å². The molecule has 7 nitrogen and oxygen atoms in total. The van der Waals surface area contributed by atoms with Crippen LogP contribution < -0.4 is 25.5 Å². The summed E-state index contributed by atoms with van der Waals surface area (Å²) in [5.41, 5.74) is 8.06. The number of hydrogen-bond donors (Lipinski definition) is 0. The summed E-state index contributed by atoms with van der Waals surface area (Å²) in [6.07, 6.45) is 0. The molecular formula is C30H18BN7. The third kappa shape index (κ3) is 3.05. The summed E-state index contributed by atoms with van der Waals surface area (Å²) >= 11 is 0. The van der Waals surface area contributed by atoms with Gasteiger partial charge in [-0.15, -0.1) is 0 Å². The summed E-state index contributed by atoms with van der Waals surface area (Å²) in [4.78, 5) is 13.3. The summed E-state index contributed by atoms with van der Waals surface area (Å²) in [5, 5.41) is 20.6. The second-order valence-electron chi connectivity index (χ2n) is 9.18. The number of nitriles is 2. The lowest BCUT2D eigenvalue weighted by molar-refractivity contribution is 1.14. The SMILES string of the molecule is [C-]#[N+]c1cc(C#N)c2c(c1)N(C)c1cc([N+]#[C-])cc(C#N)c1N2B1c2ccccc2N(C)c2ccccc21. The van der Waals surface area contributed by atoms with Crippen LogP contribution in [0.2, 0.25) is 0 Å². The normalized spacial score (nSPS) is 12.7. The van der Waals surface area contributed by atoms with Crippen molar-refractivity contribution in [1.29, 1.82) is 10.5 Å². The Hall–Kier alpha value is -5.70. The quantitative estimate of drug-likeness (QED) is 0.257. The van der Waals surface area contributed by atoms with Crippen LogP contribution in [0, 0.1) is 35.8 Å². The summed E-state index contributed by atoms with van der Waals surface area (Å²) < 4.78 is 0. The van der Waals surface area contributed by atoms with Gasteiger partial charge in [0.2, 0.25) is 0 Å². The van der Waals surface area contributed by atoms with E-state index in [-0.39, 0.29) is 6.85 Å². The van der Waals surface area contributed by atoms with E-state index in [0.717, 1.165) is 22.3 Å². The fourth-order valence-corrected chi connectivity index (χ4v) is 5.65. The van der Waals surface area contributed by atoms with Crippen molar-refractivity contribution in [2.45, 2.75) is 0 Å². The first-order chi connectivity index (χ1) is 18.5. The maximum Gasteiger partial charge on any atom is 0.332 e. The minimum absolute atomic E-state index is 0.345. The molecule has 0 spiro atoms. The Labute approximate surface area is 221 Å². The van der Waals surface area contributed by atoms with Gasteiger partial charge < -0.3 is 14.6 Å². The first kappa shape index (κ1) is 22.7. The van der Waals surface area contributed by atoms with E-state index in [2.05, 4.69) is 55.8 Å². The molecule has 0 saturated heterocycles. The maximum atomic E-state index is 10.3. The van der Waals surface area contributed by atoms with Crippen LogP contribution in [0.1, 0.15) is 11.1 Å². The number of rotatable bonds is 1. The van der Waals surface area contributed by atoms with Gasteiger partial charge in [-0.3, -0.25) is 0 Å². The first-order valence-corrected chi connectivity index (χ1v) is 11.9. The van der Waals surface area contributed by atoms with Gasteiger partial charge in [0.15, 0.2) is 11.4 Å². The van der Waals surface area contributed by atoms with E-state index in [1.165, 1.54) is 0 Å². The molecule has 176 valence electrons. The molecule has 6 rings (SSSR count). The lowest BCUT2D eigenvalue weighted by Crippen LogP contribution is -2.60. The zero-order valence-corrected chi connectivity index (χ0v) is 20.6. The minimum Gasteiger partial charge on any atom is -0.371 e. The standard InChI is InChI=1S/C30H18BN7/c1-34-21-13-19(17-32)29-27(15-21)37(4)28-16-22(35-2)14-20(18-33)30(28)38(29)31-23-9-5-7-11-25(23)36(3)26-12-8-6-10-24(26)31/h5-16H,3-4H3. The molecule has 0 amide bonds. The largest absolute Gasteiger partial charge is 0.371 e. The highest BCUT2D eigenvalue weighted by atomic mass is 15.2. The predicted molar refractivity (Wildman–Crippen MR) is 151 cm³/mol. The van der Waals surface area contributed by atoms with Crippen molar-refractivity contribution in [3.8, 4) is 12.1 Å². The number of hydrogen-bond acceptors (Lipinski definition) is 5. The summed E-state index contributed by atoms with van der Waals surface area (Å²) in [6.45, 7) is 14.9. The molecule has 0 unspecified atom stereocenters. The highest BCUT2D eigenvalue weighted by Gasteiger charge is 2.43. The van der Waals surface area contributed by atoms with Crippen molar-refractivity contribution < 1.29 is 0 Å². The number of nitrogens with zero attached hydrogens (tertiary/aromatic N) is 7. The molecule has 0 saturated carbocycles. The van der Waals surface area contributed by atoms with Gasteiger partial charge >= 0.3 is 6.85 Å². The zero-order chi connectivity index (χ0) is 26.6. The highest BCUT2D eigenvalue weighted by Crippen LogP contribution is 2.53. The maximum absolute atomic E-state index is 10.3. The number of benzene rings is 4. The molecule has 2 aliphatic heterocycles. The molecule has 38 heavy (non-hydrogen) atoms. The van der Waals surface area contributed by atoms with Gasteiger partial charge in [-0.25, -0.2) is 9.69 Å². The van der Waals surface area contributed by atoms with Crippen molar-refractivity contribution in [2.75, 3.05) is 28.7 Å². The molecule has 2 aliphatic rings. The minimum atomic E-state index is -0.374. The Balaban J connectivity index is 1.79. The molecule has 4 aromatic rings. The van der Waals surface area contributed by atoms with Gasteiger partial charge in [0, 0.05) is 25.5 Å². The summed E-state index contributed by atoms with van der Waals surface area (Å²) in [5.74, 6) is 0. The van der Waals surface area contributed by atoms with E-state index in [0.29, 0.717) is 45.3 Å². The van der Waals surface area contributed by atoms with Gasteiger partial charge in [-0.2, -0.15) is 10.5 Å². The topological polar surface area (TPSA) is 66.0 Å². The highest BCUT2D eigenvalue weighted by molar-refractivity contribution is 6.92. The number of fused-ring (bicyclic) bond motifs is 4. The molecule has 4 aromatic carbocycles.